The van der Waals surface area contributed by atoms with Crippen LogP contribution in [0.5, 0.6) is 0 Å². The average molecular weight is 664 g/mol. The van der Waals surface area contributed by atoms with Crippen molar-refractivity contribution in [1.82, 2.24) is 15.0 Å². The normalized spacial score (nSPS) is 14.7. The van der Waals surface area contributed by atoms with Crippen molar-refractivity contribution in [2.75, 3.05) is 0 Å². The highest BCUT2D eigenvalue weighted by Crippen LogP contribution is 2.55. The van der Waals surface area contributed by atoms with E-state index >= 15 is 0 Å². The van der Waals surface area contributed by atoms with Gasteiger partial charge in [0, 0.05) is 47.6 Å². The monoisotopic (exact) mass is 663 g/mol. The molecular weight excluding hydrogens is 631 g/mol. The van der Waals surface area contributed by atoms with E-state index in [-0.39, 0.29) is 10.8 Å². The lowest BCUT2D eigenvalue weighted by Gasteiger charge is -2.48. The lowest BCUT2D eigenvalue weighted by molar-refractivity contribution is 0.299. The molecule has 0 amide bonds. The van der Waals surface area contributed by atoms with Crippen LogP contribution in [-0.2, 0) is 10.8 Å². The van der Waals surface area contributed by atoms with Crippen LogP contribution in [0, 0.1) is 0 Å². The van der Waals surface area contributed by atoms with Crippen LogP contribution in [0.1, 0.15) is 38.8 Å². The number of thiophene rings is 1. The summed E-state index contributed by atoms with van der Waals surface area (Å²) in [6, 6.07) is 44.9. The number of benzene rings is 6. The summed E-state index contributed by atoms with van der Waals surface area (Å²) < 4.78 is 8.79. The lowest BCUT2D eigenvalue weighted by atomic mass is 9.55. The molecule has 4 nitrogen and oxygen atoms in total. The van der Waals surface area contributed by atoms with Crippen LogP contribution in [0.15, 0.2) is 132 Å². The van der Waals surface area contributed by atoms with Gasteiger partial charge in [-0.05, 0) is 75.5 Å². The van der Waals surface area contributed by atoms with Crippen molar-refractivity contribution in [2.24, 2.45) is 0 Å². The first kappa shape index (κ1) is 29.3. The van der Waals surface area contributed by atoms with Crippen molar-refractivity contribution in [3.63, 3.8) is 0 Å². The predicted molar refractivity (Wildman–Crippen MR) is 208 cm³/mol. The van der Waals surface area contributed by atoms with E-state index < -0.39 is 0 Å². The van der Waals surface area contributed by atoms with Gasteiger partial charge in [0.1, 0.15) is 11.2 Å². The summed E-state index contributed by atoms with van der Waals surface area (Å²) in [5.41, 5.74) is 9.90. The third-order valence-electron chi connectivity index (χ3n) is 11.3. The van der Waals surface area contributed by atoms with Gasteiger partial charge in [-0.1, -0.05) is 113 Å². The Kier molecular flexibility index (Phi) is 6.11. The van der Waals surface area contributed by atoms with Gasteiger partial charge in [0.2, 0.25) is 0 Å². The van der Waals surface area contributed by atoms with Crippen LogP contribution in [0.2, 0.25) is 0 Å². The van der Waals surface area contributed by atoms with Crippen LogP contribution in [-0.4, -0.2) is 15.0 Å². The highest BCUT2D eigenvalue weighted by molar-refractivity contribution is 7.25. The van der Waals surface area contributed by atoms with Gasteiger partial charge in [-0.15, -0.1) is 11.3 Å². The van der Waals surface area contributed by atoms with E-state index in [9.17, 15) is 0 Å². The maximum absolute atomic E-state index is 6.24. The molecule has 1 aliphatic rings. The van der Waals surface area contributed by atoms with Crippen LogP contribution < -0.4 is 0 Å². The average Bonchev–Trinajstić information content (AvgIpc) is 3.71. The zero-order valence-corrected chi connectivity index (χ0v) is 29.1. The van der Waals surface area contributed by atoms with Crippen molar-refractivity contribution in [3.05, 3.63) is 139 Å². The van der Waals surface area contributed by atoms with E-state index in [1.807, 2.05) is 59.9 Å². The minimum absolute atomic E-state index is 0.0282. The molecule has 0 spiro atoms. The Balaban J connectivity index is 1.20. The van der Waals surface area contributed by atoms with Gasteiger partial charge in [0.15, 0.2) is 17.5 Å². The number of fused-ring (bicyclic) bond motifs is 9. The molecule has 0 bridgehead atoms. The zero-order chi connectivity index (χ0) is 33.8. The SMILES string of the molecule is CC1(C)c2ccccc2-c2cc3sc4ccc(-c5nc(-c6ccccc6)nc(-c6cccc7oc8ccccc8c67)n5)cc4c3cc2C1(C)C. The van der Waals surface area contributed by atoms with Gasteiger partial charge in [-0.3, -0.25) is 0 Å². The summed E-state index contributed by atoms with van der Waals surface area (Å²) in [5, 5.41) is 4.56. The smallest absolute Gasteiger partial charge is 0.164 e. The van der Waals surface area contributed by atoms with E-state index in [0.29, 0.717) is 17.5 Å². The molecule has 0 saturated heterocycles. The Bertz CT molecular complexity index is 2820. The molecule has 0 radical (unpaired) electrons. The molecule has 0 unspecified atom stereocenters. The Morgan fingerprint density at radius 3 is 1.98 bits per heavy atom. The molecule has 5 heteroatoms. The summed E-state index contributed by atoms with van der Waals surface area (Å²) in [5.74, 6) is 1.91. The van der Waals surface area contributed by atoms with E-state index in [2.05, 4.69) is 107 Å². The Morgan fingerprint density at radius 2 is 1.12 bits per heavy atom. The number of hydrogen-bond donors (Lipinski definition) is 0. The van der Waals surface area contributed by atoms with Crippen molar-refractivity contribution < 1.29 is 4.42 Å². The number of hydrogen-bond acceptors (Lipinski definition) is 5. The highest BCUT2D eigenvalue weighted by atomic mass is 32.1. The fourth-order valence-electron chi connectivity index (χ4n) is 7.94. The largest absolute Gasteiger partial charge is 0.456 e. The van der Waals surface area contributed by atoms with E-state index in [1.165, 1.54) is 42.4 Å². The fraction of sp³-hybridized carbons (Fsp3) is 0.133. The Hall–Kier alpha value is -5.65. The first-order valence-corrected chi connectivity index (χ1v) is 17.9. The Morgan fingerprint density at radius 1 is 0.460 bits per heavy atom. The summed E-state index contributed by atoms with van der Waals surface area (Å²) >= 11 is 1.85. The number of rotatable bonds is 3. The van der Waals surface area contributed by atoms with Gasteiger partial charge in [0.05, 0.1) is 0 Å². The van der Waals surface area contributed by atoms with Crippen LogP contribution >= 0.6 is 11.3 Å². The molecule has 0 fully saturated rings. The molecular formula is C45H33N3OS. The van der Waals surface area contributed by atoms with Crippen LogP contribution in [0.3, 0.4) is 0 Å². The molecule has 50 heavy (non-hydrogen) atoms. The molecule has 6 aromatic carbocycles. The number of para-hydroxylation sites is 1. The highest BCUT2D eigenvalue weighted by Gasteiger charge is 2.45. The second-order valence-electron chi connectivity index (χ2n) is 14.5. The van der Waals surface area contributed by atoms with Crippen LogP contribution in [0.25, 0.3) is 87.4 Å². The molecule has 3 aromatic heterocycles. The van der Waals surface area contributed by atoms with E-state index in [0.717, 1.165) is 38.6 Å². The quantitative estimate of drug-likeness (QED) is 0.189. The molecule has 0 N–H and O–H groups in total. The van der Waals surface area contributed by atoms with E-state index in [4.69, 9.17) is 19.4 Å². The zero-order valence-electron chi connectivity index (χ0n) is 28.3. The molecule has 10 rings (SSSR count). The Labute approximate surface area is 294 Å². The van der Waals surface area contributed by atoms with Gasteiger partial charge in [-0.2, -0.15) is 0 Å². The van der Waals surface area contributed by atoms with Crippen molar-refractivity contribution in [1.29, 1.82) is 0 Å². The summed E-state index contributed by atoms with van der Waals surface area (Å²) in [6.45, 7) is 9.57. The second kappa shape index (κ2) is 10.4. The molecule has 0 saturated carbocycles. The van der Waals surface area contributed by atoms with Crippen molar-refractivity contribution in [2.45, 2.75) is 38.5 Å². The van der Waals surface area contributed by atoms with Gasteiger partial charge in [0.25, 0.3) is 0 Å². The predicted octanol–water partition coefficient (Wildman–Crippen LogP) is 12.4. The standard InChI is InChI=1S/C45H33N3OS/c1-44(2)34-18-10-8-15-28(34)31-25-39-33(24-35(31)45(44,3)4)32-23-27(21-22-38(32)50-39)42-46-41(26-13-6-5-7-14-26)47-43(48-42)30-17-12-20-37-40(30)29-16-9-11-19-36(29)49-37/h5-25H,1-4H3. The second-order valence-corrected chi connectivity index (χ2v) is 15.5. The first-order chi connectivity index (χ1) is 24.3. The third-order valence-corrected chi connectivity index (χ3v) is 12.4. The molecule has 0 aliphatic heterocycles. The first-order valence-electron chi connectivity index (χ1n) is 17.1. The molecule has 1 aliphatic carbocycles. The minimum Gasteiger partial charge on any atom is -0.456 e. The molecule has 240 valence electrons. The maximum atomic E-state index is 6.24. The number of furan rings is 1. The fourth-order valence-corrected chi connectivity index (χ4v) is 9.05. The summed E-state index contributed by atoms with van der Waals surface area (Å²) in [7, 11) is 0. The molecule has 9 aromatic rings. The molecule has 3 heterocycles. The van der Waals surface area contributed by atoms with Crippen LogP contribution in [0.4, 0.5) is 0 Å². The van der Waals surface area contributed by atoms with Gasteiger partial charge in [-0.25, -0.2) is 15.0 Å². The van der Waals surface area contributed by atoms with E-state index in [1.54, 1.807) is 0 Å². The minimum atomic E-state index is -0.0667. The van der Waals surface area contributed by atoms with Crippen molar-refractivity contribution in [3.8, 4) is 45.3 Å². The summed E-state index contributed by atoms with van der Waals surface area (Å²) in [4.78, 5) is 15.4. The van der Waals surface area contributed by atoms with Crippen molar-refractivity contribution >= 4 is 53.4 Å². The lowest BCUT2D eigenvalue weighted by Crippen LogP contribution is -2.43. The summed E-state index contributed by atoms with van der Waals surface area (Å²) in [6.07, 6.45) is 0. The maximum Gasteiger partial charge on any atom is 0.164 e. The topological polar surface area (TPSA) is 51.8 Å². The number of nitrogens with zero attached hydrogens (tertiary/aromatic N) is 3. The molecule has 0 atom stereocenters. The third kappa shape index (κ3) is 4.13. The number of aromatic nitrogens is 3. The van der Waals surface area contributed by atoms with Gasteiger partial charge < -0.3 is 4.42 Å². The van der Waals surface area contributed by atoms with Gasteiger partial charge >= 0.3 is 0 Å².